The quantitative estimate of drug-likeness (QED) is 0.463. The Morgan fingerprint density at radius 3 is 1.96 bits per heavy atom. The van der Waals surface area contributed by atoms with Crippen LogP contribution in [0.3, 0.4) is 0 Å². The van der Waals surface area contributed by atoms with Gasteiger partial charge in [0.1, 0.15) is 18.1 Å². The molecule has 2 aromatic rings. The van der Waals surface area contributed by atoms with Gasteiger partial charge in [-0.3, -0.25) is 4.79 Å². The summed E-state index contributed by atoms with van der Waals surface area (Å²) in [5.74, 6) is 1.91. The molecule has 0 aliphatic heterocycles. The van der Waals surface area contributed by atoms with E-state index in [2.05, 4.69) is 31.2 Å². The molecular weight excluding hydrogens is 328 g/mol. The van der Waals surface area contributed by atoms with Crippen LogP contribution in [0, 0.1) is 0 Å². The van der Waals surface area contributed by atoms with Gasteiger partial charge in [-0.15, -0.1) is 0 Å². The Morgan fingerprint density at radius 1 is 0.808 bits per heavy atom. The van der Waals surface area contributed by atoms with Crippen LogP contribution in [0.25, 0.3) is 10.8 Å². The van der Waals surface area contributed by atoms with E-state index in [4.69, 9.17) is 14.2 Å². The van der Waals surface area contributed by atoms with Gasteiger partial charge in [0, 0.05) is 6.61 Å². The van der Waals surface area contributed by atoms with E-state index >= 15 is 0 Å². The normalized spacial score (nSPS) is 10.8. The predicted octanol–water partition coefficient (Wildman–Crippen LogP) is 5.17. The molecule has 0 aromatic heterocycles. The third kappa shape index (κ3) is 7.44. The Balaban J connectivity index is 1.66. The summed E-state index contributed by atoms with van der Waals surface area (Å²) in [5, 5.41) is 2.32. The lowest BCUT2D eigenvalue weighted by Gasteiger charge is -2.09. The molecule has 4 heteroatoms. The number of hydrogen-bond acceptors (Lipinski definition) is 4. The molecule has 0 radical (unpaired) electrons. The second kappa shape index (κ2) is 11.5. The molecular formula is C22H30O4. The van der Waals surface area contributed by atoms with E-state index in [0.29, 0.717) is 6.61 Å². The summed E-state index contributed by atoms with van der Waals surface area (Å²) in [6, 6.07) is 12.3. The Labute approximate surface area is 156 Å². The highest BCUT2D eigenvalue weighted by Gasteiger charge is 2.01. The number of carbonyl (C=O) groups excluding carboxylic acids is 1. The van der Waals surface area contributed by atoms with Gasteiger partial charge >= 0.3 is 0 Å². The van der Waals surface area contributed by atoms with Gasteiger partial charge in [-0.05, 0) is 67.6 Å². The van der Waals surface area contributed by atoms with Crippen molar-refractivity contribution in [2.24, 2.45) is 0 Å². The van der Waals surface area contributed by atoms with Crippen molar-refractivity contribution in [2.45, 2.75) is 46.0 Å². The van der Waals surface area contributed by atoms with Crippen molar-refractivity contribution in [3.63, 3.8) is 0 Å². The summed E-state index contributed by atoms with van der Waals surface area (Å²) in [6.45, 7) is 6.01. The van der Waals surface area contributed by atoms with Gasteiger partial charge in [0.2, 0.25) is 0 Å². The third-order valence-corrected chi connectivity index (χ3v) is 4.01. The third-order valence-electron chi connectivity index (χ3n) is 4.01. The van der Waals surface area contributed by atoms with Crippen molar-refractivity contribution in [3.05, 3.63) is 36.4 Å². The average Bonchev–Trinajstić information content (AvgIpc) is 2.64. The highest BCUT2D eigenvalue weighted by molar-refractivity contribution is 5.85. The molecule has 2 rings (SSSR count). The maximum Gasteiger partial charge on any atom is 0.155 e. The van der Waals surface area contributed by atoms with E-state index < -0.39 is 0 Å². The van der Waals surface area contributed by atoms with E-state index in [1.54, 1.807) is 6.92 Å². The molecule has 0 amide bonds. The summed E-state index contributed by atoms with van der Waals surface area (Å²) >= 11 is 0. The Hall–Kier alpha value is -2.07. The van der Waals surface area contributed by atoms with E-state index in [-0.39, 0.29) is 12.4 Å². The van der Waals surface area contributed by atoms with E-state index in [0.717, 1.165) is 67.6 Å². The number of rotatable bonds is 13. The summed E-state index contributed by atoms with van der Waals surface area (Å²) in [5.41, 5.74) is 0. The van der Waals surface area contributed by atoms with Crippen LogP contribution < -0.4 is 9.47 Å². The molecule has 142 valence electrons. The van der Waals surface area contributed by atoms with E-state index in [1.807, 2.05) is 12.1 Å². The van der Waals surface area contributed by atoms with Gasteiger partial charge in [-0.25, -0.2) is 0 Å². The monoisotopic (exact) mass is 358 g/mol. The van der Waals surface area contributed by atoms with Gasteiger partial charge in [0.25, 0.3) is 0 Å². The molecule has 0 unspecified atom stereocenters. The van der Waals surface area contributed by atoms with Crippen molar-refractivity contribution >= 4 is 16.6 Å². The number of hydrogen-bond donors (Lipinski definition) is 0. The highest BCUT2D eigenvalue weighted by atomic mass is 16.5. The molecule has 0 N–H and O–H groups in total. The van der Waals surface area contributed by atoms with Crippen molar-refractivity contribution in [2.75, 3.05) is 26.4 Å². The van der Waals surface area contributed by atoms with Crippen LogP contribution in [-0.2, 0) is 9.53 Å². The van der Waals surface area contributed by atoms with Gasteiger partial charge in [0.15, 0.2) is 5.78 Å². The summed E-state index contributed by atoms with van der Waals surface area (Å²) < 4.78 is 16.8. The predicted molar refractivity (Wildman–Crippen MR) is 105 cm³/mol. The lowest BCUT2D eigenvalue weighted by Crippen LogP contribution is -2.05. The fourth-order valence-electron chi connectivity index (χ4n) is 2.67. The second-order valence-corrected chi connectivity index (χ2v) is 6.54. The first-order chi connectivity index (χ1) is 12.7. The summed E-state index contributed by atoms with van der Waals surface area (Å²) in [7, 11) is 0. The second-order valence-electron chi connectivity index (χ2n) is 6.54. The lowest BCUT2D eigenvalue weighted by atomic mass is 10.1. The molecule has 0 aliphatic rings. The minimum atomic E-state index is 0.0819. The first-order valence-corrected chi connectivity index (χ1v) is 9.55. The molecule has 0 saturated heterocycles. The molecule has 0 spiro atoms. The van der Waals surface area contributed by atoms with Crippen LogP contribution in [0.4, 0.5) is 0 Å². The largest absolute Gasteiger partial charge is 0.494 e. The van der Waals surface area contributed by atoms with Crippen LogP contribution in [0.1, 0.15) is 46.0 Å². The lowest BCUT2D eigenvalue weighted by molar-refractivity contribution is -0.121. The van der Waals surface area contributed by atoms with Crippen molar-refractivity contribution < 1.29 is 19.0 Å². The van der Waals surface area contributed by atoms with Gasteiger partial charge in [0.05, 0.1) is 13.2 Å². The Bertz CT molecular complexity index is 681. The van der Waals surface area contributed by atoms with E-state index in [1.165, 1.54) is 0 Å². The maximum atomic E-state index is 10.7. The number of benzene rings is 2. The minimum absolute atomic E-state index is 0.0819. The molecule has 0 fully saturated rings. The topological polar surface area (TPSA) is 44.8 Å². The number of fused-ring (bicyclic) bond motifs is 1. The smallest absolute Gasteiger partial charge is 0.155 e. The molecule has 0 aliphatic carbocycles. The zero-order valence-corrected chi connectivity index (χ0v) is 16.0. The average molecular weight is 358 g/mol. The molecule has 0 atom stereocenters. The number of ether oxygens (including phenoxy) is 3. The van der Waals surface area contributed by atoms with Gasteiger partial charge in [-0.2, -0.15) is 0 Å². The molecule has 0 saturated carbocycles. The van der Waals surface area contributed by atoms with Gasteiger partial charge in [-0.1, -0.05) is 25.5 Å². The zero-order chi connectivity index (χ0) is 18.6. The first-order valence-electron chi connectivity index (χ1n) is 9.55. The molecule has 2 aromatic carbocycles. The van der Waals surface area contributed by atoms with E-state index in [9.17, 15) is 4.79 Å². The number of Topliss-reactive ketones (excluding diaryl/α,β-unsaturated/α-hetero) is 1. The maximum absolute atomic E-state index is 10.7. The Kier molecular flexibility index (Phi) is 8.98. The van der Waals surface area contributed by atoms with Gasteiger partial charge < -0.3 is 14.2 Å². The standard InChI is InChI=1S/C22H30O4/c1-3-12-25-21-10-8-20-16-22(11-9-19(20)15-21)26-14-7-5-4-6-13-24-17-18(2)23/h8-11,15-16H,3-7,12-14,17H2,1-2H3. The minimum Gasteiger partial charge on any atom is -0.494 e. The molecule has 4 nitrogen and oxygen atoms in total. The molecule has 0 heterocycles. The highest BCUT2D eigenvalue weighted by Crippen LogP contribution is 2.25. The first kappa shape index (κ1) is 20.2. The molecule has 26 heavy (non-hydrogen) atoms. The summed E-state index contributed by atoms with van der Waals surface area (Å²) in [6.07, 6.45) is 5.23. The van der Waals surface area contributed by atoms with Crippen LogP contribution in [0.15, 0.2) is 36.4 Å². The number of carbonyl (C=O) groups is 1. The van der Waals surface area contributed by atoms with Crippen LogP contribution in [0.5, 0.6) is 11.5 Å². The van der Waals surface area contributed by atoms with Crippen LogP contribution >= 0.6 is 0 Å². The molecule has 0 bridgehead atoms. The zero-order valence-electron chi connectivity index (χ0n) is 16.0. The SMILES string of the molecule is CCCOc1ccc2cc(OCCCCCCOCC(C)=O)ccc2c1. The van der Waals surface area contributed by atoms with Crippen molar-refractivity contribution in [1.29, 1.82) is 0 Å². The fourth-order valence-corrected chi connectivity index (χ4v) is 2.67. The van der Waals surface area contributed by atoms with Crippen LogP contribution in [0.2, 0.25) is 0 Å². The fraction of sp³-hybridized carbons (Fsp3) is 0.500. The number of unbranched alkanes of at least 4 members (excludes halogenated alkanes) is 3. The number of ketones is 1. The Morgan fingerprint density at radius 2 is 1.38 bits per heavy atom. The van der Waals surface area contributed by atoms with Crippen molar-refractivity contribution in [3.8, 4) is 11.5 Å². The summed E-state index contributed by atoms with van der Waals surface area (Å²) in [4.78, 5) is 10.7. The van der Waals surface area contributed by atoms with Crippen molar-refractivity contribution in [1.82, 2.24) is 0 Å². The van der Waals surface area contributed by atoms with Crippen LogP contribution in [-0.4, -0.2) is 32.2 Å².